The monoisotopic (exact) mass is 377 g/mol. The number of nitrogens with zero attached hydrogens (tertiary/aromatic N) is 7. The lowest BCUT2D eigenvalue weighted by molar-refractivity contribution is -0.0346. The Morgan fingerprint density at radius 2 is 1.89 bits per heavy atom. The van der Waals surface area contributed by atoms with Gasteiger partial charge in [-0.1, -0.05) is 0 Å². The Bertz CT molecular complexity index is 864. The molecule has 11 heteroatoms. The van der Waals surface area contributed by atoms with E-state index in [0.717, 1.165) is 0 Å². The van der Waals surface area contributed by atoms with Crippen LogP contribution in [0, 0.1) is 0 Å². The van der Waals surface area contributed by atoms with E-state index in [1.165, 1.54) is 23.4 Å². The number of aliphatic hydroxyl groups is 3. The predicted molar refractivity (Wildman–Crippen MR) is 97.5 cm³/mol. The van der Waals surface area contributed by atoms with Crippen LogP contribution in [0.1, 0.15) is 6.23 Å². The van der Waals surface area contributed by atoms with E-state index in [0.29, 0.717) is 17.0 Å². The summed E-state index contributed by atoms with van der Waals surface area (Å²) in [6.07, 6.45) is 1.12. The number of hydrogen-bond acceptors (Lipinski definition) is 9. The van der Waals surface area contributed by atoms with Crippen LogP contribution in [0.3, 0.4) is 0 Å². The van der Waals surface area contributed by atoms with Gasteiger partial charge in [0, 0.05) is 34.4 Å². The van der Waals surface area contributed by atoms with E-state index in [1.54, 1.807) is 30.2 Å². The smallest absolute Gasteiger partial charge is 0.184 e. The molecule has 1 aliphatic heterocycles. The molecular formula is C16H23N7O4. The molecule has 0 aromatic carbocycles. The first-order valence-electron chi connectivity index (χ1n) is 8.26. The van der Waals surface area contributed by atoms with Crippen LogP contribution in [0.5, 0.6) is 0 Å². The fourth-order valence-corrected chi connectivity index (χ4v) is 2.76. The number of aliphatic hydroxyl groups excluding tert-OH is 3. The summed E-state index contributed by atoms with van der Waals surface area (Å²) >= 11 is 0. The van der Waals surface area contributed by atoms with Crippen molar-refractivity contribution in [2.24, 2.45) is 4.99 Å². The molecule has 11 nitrogen and oxygen atoms in total. The van der Waals surface area contributed by atoms with Gasteiger partial charge in [-0.3, -0.25) is 4.57 Å². The highest BCUT2D eigenvalue weighted by atomic mass is 16.6. The SMILES string of the molecule is CN(C)/C=N\c1ncnc2c1ncn2[C@@H]1O[C@H](/C(O)=C/N(C)C)[C@@H](O)[C@H]1O. The Morgan fingerprint density at radius 1 is 1.15 bits per heavy atom. The molecule has 0 aliphatic carbocycles. The maximum Gasteiger partial charge on any atom is 0.184 e. The number of aliphatic imine (C=N–C) groups is 1. The molecule has 0 spiro atoms. The topological polar surface area (TPSA) is 132 Å². The summed E-state index contributed by atoms with van der Waals surface area (Å²) in [7, 11) is 7.11. The quantitative estimate of drug-likeness (QED) is 0.362. The largest absolute Gasteiger partial charge is 0.508 e. The van der Waals surface area contributed by atoms with E-state index in [1.807, 2.05) is 14.1 Å². The maximum absolute atomic E-state index is 10.4. The minimum absolute atomic E-state index is 0.190. The molecule has 0 radical (unpaired) electrons. The highest BCUT2D eigenvalue weighted by molar-refractivity contribution is 5.82. The van der Waals surface area contributed by atoms with E-state index in [2.05, 4.69) is 19.9 Å². The second-order valence-electron chi connectivity index (χ2n) is 6.68. The van der Waals surface area contributed by atoms with Gasteiger partial charge >= 0.3 is 0 Å². The molecule has 27 heavy (non-hydrogen) atoms. The van der Waals surface area contributed by atoms with Gasteiger partial charge in [-0.05, 0) is 0 Å². The Morgan fingerprint density at radius 3 is 2.56 bits per heavy atom. The number of hydrogen-bond donors (Lipinski definition) is 3. The summed E-state index contributed by atoms with van der Waals surface area (Å²) in [5, 5.41) is 30.9. The van der Waals surface area contributed by atoms with Crippen LogP contribution >= 0.6 is 0 Å². The maximum atomic E-state index is 10.4. The lowest BCUT2D eigenvalue weighted by Gasteiger charge is -2.16. The molecular weight excluding hydrogens is 354 g/mol. The normalized spacial score (nSPS) is 26.2. The van der Waals surface area contributed by atoms with Gasteiger partial charge < -0.3 is 29.9 Å². The highest BCUT2D eigenvalue weighted by Gasteiger charge is 2.46. The summed E-state index contributed by atoms with van der Waals surface area (Å²) in [6.45, 7) is 0. The van der Waals surface area contributed by atoms with E-state index in [4.69, 9.17) is 4.74 Å². The van der Waals surface area contributed by atoms with Gasteiger partial charge in [0.05, 0.1) is 12.7 Å². The summed E-state index contributed by atoms with van der Waals surface area (Å²) < 4.78 is 7.20. The summed E-state index contributed by atoms with van der Waals surface area (Å²) in [5.74, 6) is 0.178. The molecule has 1 aliphatic rings. The number of rotatable bonds is 5. The van der Waals surface area contributed by atoms with Crippen molar-refractivity contribution in [3.8, 4) is 0 Å². The second-order valence-corrected chi connectivity index (χ2v) is 6.68. The third kappa shape index (κ3) is 3.70. The molecule has 0 bridgehead atoms. The van der Waals surface area contributed by atoms with Crippen molar-refractivity contribution in [1.82, 2.24) is 29.3 Å². The Hall–Kier alpha value is -2.76. The molecule has 1 saturated heterocycles. The van der Waals surface area contributed by atoms with E-state index < -0.39 is 24.5 Å². The first kappa shape index (κ1) is 19.0. The zero-order valence-electron chi connectivity index (χ0n) is 15.5. The molecule has 0 unspecified atom stereocenters. The van der Waals surface area contributed by atoms with Crippen molar-refractivity contribution in [2.75, 3.05) is 28.2 Å². The van der Waals surface area contributed by atoms with E-state index >= 15 is 0 Å². The lowest BCUT2D eigenvalue weighted by Crippen LogP contribution is -2.32. The van der Waals surface area contributed by atoms with Crippen molar-refractivity contribution in [3.63, 3.8) is 0 Å². The first-order valence-corrected chi connectivity index (χ1v) is 8.26. The van der Waals surface area contributed by atoms with Crippen LogP contribution in [0.25, 0.3) is 11.2 Å². The number of imidazole rings is 1. The van der Waals surface area contributed by atoms with Gasteiger partial charge in [-0.25, -0.2) is 19.9 Å². The second kappa shape index (κ2) is 7.47. The van der Waals surface area contributed by atoms with Crippen molar-refractivity contribution in [1.29, 1.82) is 0 Å². The molecule has 4 atom stereocenters. The van der Waals surface area contributed by atoms with Gasteiger partial charge in [0.2, 0.25) is 0 Å². The predicted octanol–water partition coefficient (Wildman–Crippen LogP) is -0.372. The van der Waals surface area contributed by atoms with Crippen LogP contribution in [0.4, 0.5) is 5.82 Å². The van der Waals surface area contributed by atoms with Crippen molar-refractivity contribution >= 4 is 23.3 Å². The van der Waals surface area contributed by atoms with Crippen molar-refractivity contribution < 1.29 is 20.1 Å². The minimum atomic E-state index is -1.31. The third-order valence-corrected chi connectivity index (χ3v) is 3.94. The summed E-state index contributed by atoms with van der Waals surface area (Å²) in [6, 6.07) is 0. The van der Waals surface area contributed by atoms with Crippen molar-refractivity contribution in [3.05, 3.63) is 24.6 Å². The van der Waals surface area contributed by atoms with Gasteiger partial charge in [0.1, 0.15) is 30.4 Å². The highest BCUT2D eigenvalue weighted by Crippen LogP contribution is 2.34. The first-order chi connectivity index (χ1) is 12.8. The van der Waals surface area contributed by atoms with Gasteiger partial charge in [-0.2, -0.15) is 0 Å². The zero-order chi connectivity index (χ0) is 19.7. The Kier molecular flexibility index (Phi) is 5.26. The number of ether oxygens (including phenoxy) is 1. The van der Waals surface area contributed by atoms with Crippen LogP contribution in [-0.4, -0.2) is 97.5 Å². The summed E-state index contributed by atoms with van der Waals surface area (Å²) in [5.41, 5.74) is 0.821. The van der Waals surface area contributed by atoms with Crippen molar-refractivity contribution in [2.45, 2.75) is 24.5 Å². The minimum Gasteiger partial charge on any atom is -0.508 e. The lowest BCUT2D eigenvalue weighted by atomic mass is 10.1. The van der Waals surface area contributed by atoms with Crippen LogP contribution < -0.4 is 0 Å². The molecule has 2 aromatic rings. The molecule has 146 valence electrons. The molecule has 3 heterocycles. The molecule has 2 aromatic heterocycles. The average Bonchev–Trinajstić information content (AvgIpc) is 3.15. The third-order valence-electron chi connectivity index (χ3n) is 3.94. The zero-order valence-corrected chi connectivity index (χ0v) is 15.5. The van der Waals surface area contributed by atoms with Crippen LogP contribution in [-0.2, 0) is 4.74 Å². The number of aromatic nitrogens is 4. The van der Waals surface area contributed by atoms with Crippen LogP contribution in [0.15, 0.2) is 29.6 Å². The van der Waals surface area contributed by atoms with Gasteiger partial charge in [0.15, 0.2) is 23.2 Å². The fourth-order valence-electron chi connectivity index (χ4n) is 2.76. The summed E-state index contributed by atoms with van der Waals surface area (Å²) in [4.78, 5) is 20.2. The Labute approximate surface area is 155 Å². The van der Waals surface area contributed by atoms with Gasteiger partial charge in [-0.15, -0.1) is 0 Å². The fraction of sp³-hybridized carbons (Fsp3) is 0.500. The molecule has 3 N–H and O–H groups in total. The average molecular weight is 377 g/mol. The standard InChI is InChI=1S/C16H23N7O4/c1-21(2)5-9(24)13-11(25)12(26)16(27-13)23-8-19-10-14(20-7-22(3)4)17-6-18-15(10)23/h5-8,11-13,16,24-26H,1-4H3/b9-5-,20-7-/t11-,12+,13+,16+/m0/s1. The van der Waals surface area contributed by atoms with E-state index in [-0.39, 0.29) is 5.76 Å². The molecule has 0 amide bonds. The number of fused-ring (bicyclic) bond motifs is 1. The van der Waals surface area contributed by atoms with E-state index in [9.17, 15) is 15.3 Å². The van der Waals surface area contributed by atoms with Crippen LogP contribution in [0.2, 0.25) is 0 Å². The molecule has 1 fully saturated rings. The Balaban J connectivity index is 1.95. The molecule has 0 saturated carbocycles. The molecule has 3 rings (SSSR count). The van der Waals surface area contributed by atoms with Gasteiger partial charge in [0.25, 0.3) is 0 Å².